The fourth-order valence-corrected chi connectivity index (χ4v) is 5.10. The number of carbonyl (C=O) groups excluding carboxylic acids is 1. The summed E-state index contributed by atoms with van der Waals surface area (Å²) in [7, 11) is 0. The Bertz CT molecular complexity index is 1620. The molecule has 0 saturated carbocycles. The Kier molecular flexibility index (Phi) is 4.17. The molecule has 2 bridgehead atoms. The standard InChI is InChI=1S/C26H24F2N6O2/c1-26(2,29)24-30-11-14(12-31-24)13-7-8-16-17(9-13)34-18-10-19(22(34)32-16)33(3)23(35)15-5-4-6-20(21(15)18)36-25(27)28/h4-9,11-12,18-19,25H,10,29H2,1-3H3/t18-,19-/m1/s1/i3D3. The van der Waals surface area contributed by atoms with Gasteiger partial charge in [-0.25, -0.2) is 15.0 Å². The molecule has 8 nitrogen and oxygen atoms in total. The number of benzene rings is 2. The van der Waals surface area contributed by atoms with Crippen molar-refractivity contribution in [3.63, 3.8) is 0 Å². The molecule has 2 aliphatic rings. The molecular weight excluding hydrogens is 466 g/mol. The number of amides is 1. The average Bonchev–Trinajstić information content (AvgIpc) is 3.35. The molecular formula is C26H24F2N6O2. The topological polar surface area (TPSA) is 99.2 Å². The van der Waals surface area contributed by atoms with E-state index in [0.717, 1.165) is 16.0 Å². The van der Waals surface area contributed by atoms with Crippen molar-refractivity contribution >= 4 is 16.9 Å². The molecule has 0 fully saturated rings. The van der Waals surface area contributed by atoms with Crippen molar-refractivity contribution in [2.24, 2.45) is 5.73 Å². The second-order valence-electron chi connectivity index (χ2n) is 9.60. The van der Waals surface area contributed by atoms with Gasteiger partial charge < -0.3 is 19.9 Å². The lowest BCUT2D eigenvalue weighted by molar-refractivity contribution is -0.0507. The monoisotopic (exact) mass is 493 g/mol. The van der Waals surface area contributed by atoms with Crippen LogP contribution in [-0.4, -0.2) is 43.9 Å². The van der Waals surface area contributed by atoms with Crippen LogP contribution in [0.4, 0.5) is 8.78 Å². The van der Waals surface area contributed by atoms with Crippen molar-refractivity contribution in [1.29, 1.82) is 0 Å². The zero-order chi connectivity index (χ0) is 27.9. The van der Waals surface area contributed by atoms with E-state index >= 15 is 0 Å². The maximum absolute atomic E-state index is 13.5. The van der Waals surface area contributed by atoms with E-state index in [9.17, 15) is 13.6 Å². The maximum Gasteiger partial charge on any atom is 0.387 e. The van der Waals surface area contributed by atoms with Gasteiger partial charge in [-0.05, 0) is 43.7 Å². The van der Waals surface area contributed by atoms with Crippen molar-refractivity contribution in [3.05, 3.63) is 71.6 Å². The first-order valence-electron chi connectivity index (χ1n) is 12.9. The van der Waals surface area contributed by atoms with Gasteiger partial charge in [0.15, 0.2) is 0 Å². The van der Waals surface area contributed by atoms with Gasteiger partial charge in [-0.1, -0.05) is 12.1 Å². The number of nitrogens with two attached hydrogens (primary N) is 1. The molecule has 1 amide bonds. The van der Waals surface area contributed by atoms with E-state index in [4.69, 9.17) is 19.6 Å². The Labute approximate surface area is 209 Å². The number of hydrogen-bond acceptors (Lipinski definition) is 6. The Morgan fingerprint density at radius 3 is 2.64 bits per heavy atom. The quantitative estimate of drug-likeness (QED) is 0.452. The number of fused-ring (bicyclic) bond motifs is 9. The zero-order valence-corrected chi connectivity index (χ0v) is 19.4. The number of alkyl halides is 2. The summed E-state index contributed by atoms with van der Waals surface area (Å²) >= 11 is 0. The minimum absolute atomic E-state index is 0.00816. The van der Waals surface area contributed by atoms with Crippen LogP contribution in [0, 0.1) is 0 Å². The van der Waals surface area contributed by atoms with Crippen LogP contribution in [0.3, 0.4) is 0 Å². The second kappa shape index (κ2) is 7.79. The van der Waals surface area contributed by atoms with Gasteiger partial charge in [-0.3, -0.25) is 4.79 Å². The van der Waals surface area contributed by atoms with Crippen LogP contribution >= 0.6 is 0 Å². The lowest BCUT2D eigenvalue weighted by Crippen LogP contribution is -2.31. The predicted molar refractivity (Wildman–Crippen MR) is 129 cm³/mol. The molecule has 2 atom stereocenters. The van der Waals surface area contributed by atoms with E-state index in [2.05, 4.69) is 9.97 Å². The summed E-state index contributed by atoms with van der Waals surface area (Å²) < 4.78 is 57.8. The minimum atomic E-state index is -3.13. The molecule has 0 spiro atoms. The van der Waals surface area contributed by atoms with E-state index in [1.54, 1.807) is 32.3 Å². The molecule has 0 aliphatic carbocycles. The van der Waals surface area contributed by atoms with Gasteiger partial charge in [0.2, 0.25) is 0 Å². The van der Waals surface area contributed by atoms with Gasteiger partial charge in [-0.2, -0.15) is 8.78 Å². The van der Waals surface area contributed by atoms with E-state index in [1.807, 2.05) is 16.7 Å². The second-order valence-corrected chi connectivity index (χ2v) is 9.60. The molecule has 0 saturated heterocycles. The summed E-state index contributed by atoms with van der Waals surface area (Å²) in [5.74, 6) is -0.103. The predicted octanol–water partition coefficient (Wildman–Crippen LogP) is 4.41. The number of imidazole rings is 1. The molecule has 10 heteroatoms. The number of nitrogens with zero attached hydrogens (tertiary/aromatic N) is 5. The molecule has 2 aromatic carbocycles. The number of rotatable bonds is 4. The summed E-state index contributed by atoms with van der Waals surface area (Å²) in [6.07, 6.45) is 3.48. The van der Waals surface area contributed by atoms with Crippen LogP contribution < -0.4 is 10.5 Å². The van der Waals surface area contributed by atoms with Gasteiger partial charge in [0.1, 0.15) is 17.4 Å². The molecule has 2 N–H and O–H groups in total. The largest absolute Gasteiger partial charge is 0.434 e. The van der Waals surface area contributed by atoms with Crippen LogP contribution in [0.25, 0.3) is 22.2 Å². The normalized spacial score (nSPS) is 20.6. The van der Waals surface area contributed by atoms with Gasteiger partial charge >= 0.3 is 6.61 Å². The molecule has 4 heterocycles. The third-order valence-electron chi connectivity index (χ3n) is 6.71. The van der Waals surface area contributed by atoms with E-state index in [1.165, 1.54) is 18.2 Å². The molecule has 2 aromatic heterocycles. The highest BCUT2D eigenvalue weighted by Gasteiger charge is 2.45. The molecule has 0 unspecified atom stereocenters. The van der Waals surface area contributed by atoms with Crippen LogP contribution in [0.15, 0.2) is 48.8 Å². The van der Waals surface area contributed by atoms with E-state index in [0.29, 0.717) is 22.7 Å². The molecule has 6 rings (SSSR count). The van der Waals surface area contributed by atoms with Gasteiger partial charge in [-0.15, -0.1) is 0 Å². The smallest absolute Gasteiger partial charge is 0.387 e. The summed E-state index contributed by atoms with van der Waals surface area (Å²) in [6, 6.07) is 8.14. The van der Waals surface area contributed by atoms with Crippen LogP contribution in [-0.2, 0) is 5.54 Å². The fraction of sp³-hybridized carbons (Fsp3) is 0.308. The first-order valence-corrected chi connectivity index (χ1v) is 11.4. The van der Waals surface area contributed by atoms with Crippen LogP contribution in [0.5, 0.6) is 5.75 Å². The van der Waals surface area contributed by atoms with E-state index in [-0.39, 0.29) is 23.3 Å². The minimum Gasteiger partial charge on any atom is -0.434 e. The summed E-state index contributed by atoms with van der Waals surface area (Å²) in [6.45, 7) is -2.30. The average molecular weight is 494 g/mol. The summed E-state index contributed by atoms with van der Waals surface area (Å²) in [5, 5.41) is 0. The number of aromatic nitrogens is 4. The van der Waals surface area contributed by atoms with Gasteiger partial charge in [0, 0.05) is 46.6 Å². The Morgan fingerprint density at radius 1 is 1.17 bits per heavy atom. The zero-order valence-electron chi connectivity index (χ0n) is 22.4. The lowest BCUT2D eigenvalue weighted by atomic mass is 9.97. The fourth-order valence-electron chi connectivity index (χ4n) is 5.10. The van der Waals surface area contributed by atoms with Crippen molar-refractivity contribution in [2.75, 3.05) is 6.98 Å². The first-order chi connectivity index (χ1) is 18.3. The molecule has 4 aromatic rings. The molecule has 2 aliphatic heterocycles. The highest BCUT2D eigenvalue weighted by molar-refractivity contribution is 5.98. The Hall–Kier alpha value is -3.92. The third kappa shape index (κ3) is 3.35. The molecule has 184 valence electrons. The molecule has 0 radical (unpaired) electrons. The van der Waals surface area contributed by atoms with Crippen LogP contribution in [0.1, 0.15) is 64.0 Å². The highest BCUT2D eigenvalue weighted by Crippen LogP contribution is 2.50. The maximum atomic E-state index is 13.5. The van der Waals surface area contributed by atoms with Gasteiger partial charge in [0.05, 0.1) is 28.7 Å². The molecule has 36 heavy (non-hydrogen) atoms. The van der Waals surface area contributed by atoms with Crippen molar-refractivity contribution in [2.45, 2.75) is 44.5 Å². The van der Waals surface area contributed by atoms with Crippen LogP contribution in [0.2, 0.25) is 0 Å². The Balaban J connectivity index is 1.56. The van der Waals surface area contributed by atoms with E-state index < -0.39 is 37.1 Å². The third-order valence-corrected chi connectivity index (χ3v) is 6.71. The summed E-state index contributed by atoms with van der Waals surface area (Å²) in [4.78, 5) is 27.9. The van der Waals surface area contributed by atoms with Crippen molar-refractivity contribution in [3.8, 4) is 16.9 Å². The number of hydrogen-bond donors (Lipinski definition) is 1. The Morgan fingerprint density at radius 2 is 1.94 bits per heavy atom. The summed E-state index contributed by atoms with van der Waals surface area (Å²) in [5.41, 5.74) is 8.32. The number of carbonyl (C=O) groups is 1. The first kappa shape index (κ1) is 19.3. The highest BCUT2D eigenvalue weighted by atomic mass is 19.3. The van der Waals surface area contributed by atoms with Crippen molar-refractivity contribution in [1.82, 2.24) is 24.4 Å². The lowest BCUT2D eigenvalue weighted by Gasteiger charge is -2.24. The van der Waals surface area contributed by atoms with Gasteiger partial charge in [0.25, 0.3) is 5.91 Å². The van der Waals surface area contributed by atoms with Crippen molar-refractivity contribution < 1.29 is 22.4 Å². The SMILES string of the molecule is [2H]C([2H])([2H])N1C(=O)c2cccc(OC(F)F)c2[C@H]2C[C@@H]1c1nc3ccc(-c4cnc(C(C)(C)N)nc4)cc3n12. The number of halogens is 2. The number of ether oxygens (including phenoxy) is 1.